The van der Waals surface area contributed by atoms with Gasteiger partial charge in [-0.05, 0) is 95.0 Å². The van der Waals surface area contributed by atoms with Crippen molar-refractivity contribution >= 4 is 71.3 Å². The van der Waals surface area contributed by atoms with Gasteiger partial charge in [0.2, 0.25) is 11.4 Å². The van der Waals surface area contributed by atoms with Crippen molar-refractivity contribution in [2.45, 2.75) is 6.92 Å². The number of rotatable bonds is 11. The molecule has 1 N–H and O–H groups in total. The molecule has 6 rings (SSSR count). The largest absolute Gasteiger partial charge is 0.497 e. The fraction of sp³-hybridized carbons (Fsp3) is 0.175. The minimum Gasteiger partial charge on any atom is -0.497 e. The normalized spacial score (nSPS) is 10.3. The number of nitro benzene ring substituents is 2. The number of hydrogen-bond donors (Lipinski definition) is 1. The van der Waals surface area contributed by atoms with Gasteiger partial charge in [0.1, 0.15) is 23.0 Å². The van der Waals surface area contributed by atoms with Crippen LogP contribution in [0.5, 0.6) is 28.9 Å². The molecule has 18 nitrogen and oxygen atoms in total. The van der Waals surface area contributed by atoms with E-state index < -0.39 is 25.9 Å². The van der Waals surface area contributed by atoms with E-state index in [0.29, 0.717) is 32.8 Å². The summed E-state index contributed by atoms with van der Waals surface area (Å²) < 4.78 is 51.6. The molecule has 0 radical (unpaired) electrons. The summed E-state index contributed by atoms with van der Waals surface area (Å²) in [6.45, 7) is 1.94. The van der Waals surface area contributed by atoms with Gasteiger partial charge in [-0.2, -0.15) is 8.42 Å². The molecule has 4 aromatic carbocycles. The van der Waals surface area contributed by atoms with Gasteiger partial charge in [-0.3, -0.25) is 25.0 Å². The second-order valence-corrected chi connectivity index (χ2v) is 14.0. The van der Waals surface area contributed by atoms with Crippen LogP contribution in [0.25, 0.3) is 27.9 Å². The number of ether oxygens (including phenoxy) is 5. The van der Waals surface area contributed by atoms with E-state index >= 15 is 0 Å². The van der Waals surface area contributed by atoms with Crippen molar-refractivity contribution in [2.24, 2.45) is 0 Å². The zero-order chi connectivity index (χ0) is 44.4. The molecule has 6 aromatic rings. The molecule has 2 heterocycles. The van der Waals surface area contributed by atoms with Crippen LogP contribution in [0, 0.1) is 20.2 Å². The molecule has 0 unspecified atom stereocenters. The van der Waals surface area contributed by atoms with Crippen LogP contribution in [0.3, 0.4) is 0 Å². The first kappa shape index (κ1) is 50.6. The molecule has 0 saturated carbocycles. The predicted octanol–water partition coefficient (Wildman–Crippen LogP) is 7.66. The molecule has 324 valence electrons. The van der Waals surface area contributed by atoms with Crippen molar-refractivity contribution in [1.29, 1.82) is 0 Å². The van der Waals surface area contributed by atoms with Crippen molar-refractivity contribution in [1.82, 2.24) is 9.97 Å². The topological polar surface area (TPSA) is 239 Å². The maximum absolute atomic E-state index is 11.1. The Morgan fingerprint density at radius 1 is 0.754 bits per heavy atom. The molecule has 0 aliphatic carbocycles. The van der Waals surface area contributed by atoms with Gasteiger partial charge in [-0.15, -0.1) is 0 Å². The summed E-state index contributed by atoms with van der Waals surface area (Å²) in [5, 5.41) is 23.2. The Bertz CT molecular complexity index is 2660. The van der Waals surface area contributed by atoms with Crippen molar-refractivity contribution in [3.63, 3.8) is 0 Å². The molecular formula is C40H39BrFeN4O14S. The second kappa shape index (κ2) is 24.5. The van der Waals surface area contributed by atoms with Gasteiger partial charge >= 0.3 is 16.1 Å². The van der Waals surface area contributed by atoms with E-state index in [1.807, 2.05) is 18.2 Å². The maximum Gasteiger partial charge on any atom is 0.330 e. The average Bonchev–Trinajstić information content (AvgIpc) is 3.22. The quantitative estimate of drug-likeness (QED) is 0.0327. The maximum atomic E-state index is 11.1. The molecule has 0 bridgehead atoms. The van der Waals surface area contributed by atoms with Gasteiger partial charge in [-0.1, -0.05) is 0 Å². The van der Waals surface area contributed by atoms with Gasteiger partial charge < -0.3 is 32.9 Å². The number of nitrogens with zero attached hydrogens (tertiary/aromatic N) is 3. The monoisotopic (exact) mass is 966 g/mol. The van der Waals surface area contributed by atoms with E-state index in [-0.39, 0.29) is 46.5 Å². The third kappa shape index (κ3) is 16.6. The number of nitro groups is 2. The summed E-state index contributed by atoms with van der Waals surface area (Å²) in [5.41, 5.74) is 1.51. The minimum absolute atomic E-state index is 0. The van der Waals surface area contributed by atoms with Crippen LogP contribution in [0.15, 0.2) is 112 Å². The number of carbonyl (C=O) groups excluding carboxylic acids is 1. The number of halogens is 1. The molecule has 2 aromatic heterocycles. The third-order valence-electron chi connectivity index (χ3n) is 7.51. The zero-order valence-corrected chi connectivity index (χ0v) is 36.8. The van der Waals surface area contributed by atoms with Crippen LogP contribution in [0.4, 0.5) is 11.4 Å². The summed E-state index contributed by atoms with van der Waals surface area (Å²) in [6, 6.07) is 26.5. The Hall–Kier alpha value is -6.54. The van der Waals surface area contributed by atoms with Crippen molar-refractivity contribution < 1.29 is 68.0 Å². The summed E-state index contributed by atoms with van der Waals surface area (Å²) >= 11 is 3.06. The number of carbonyl (C=O) groups is 1. The molecular weight excluding hydrogens is 928 g/mol. The number of methoxy groups -OCH3 is 4. The van der Waals surface area contributed by atoms with Gasteiger partial charge in [-0.25, -0.2) is 9.78 Å². The summed E-state index contributed by atoms with van der Waals surface area (Å²) in [7, 11) is 2.49. The number of aromatic amines is 1. The second-order valence-electron chi connectivity index (χ2n) is 11.6. The molecule has 0 atom stereocenters. The van der Waals surface area contributed by atoms with E-state index in [1.165, 1.54) is 50.6 Å². The van der Waals surface area contributed by atoms with Crippen LogP contribution in [-0.4, -0.2) is 75.5 Å². The molecule has 0 amide bonds. The summed E-state index contributed by atoms with van der Waals surface area (Å²) in [5.74, 6) is 1.77. The Balaban J connectivity index is 0.000000282. The number of aromatic nitrogens is 2. The predicted molar refractivity (Wildman–Crippen MR) is 228 cm³/mol. The Morgan fingerprint density at radius 3 is 1.84 bits per heavy atom. The van der Waals surface area contributed by atoms with E-state index in [9.17, 15) is 38.2 Å². The molecule has 0 fully saturated rings. The van der Waals surface area contributed by atoms with E-state index in [1.54, 1.807) is 69.7 Å². The third-order valence-corrected chi connectivity index (χ3v) is 8.66. The van der Waals surface area contributed by atoms with Gasteiger partial charge in [0.25, 0.3) is 11.4 Å². The number of esters is 1. The fourth-order valence-electron chi connectivity index (χ4n) is 4.72. The van der Waals surface area contributed by atoms with Crippen molar-refractivity contribution in [3.05, 3.63) is 144 Å². The zero-order valence-electron chi connectivity index (χ0n) is 33.3. The Morgan fingerprint density at radius 2 is 1.26 bits per heavy atom. The van der Waals surface area contributed by atoms with Gasteiger partial charge in [0.05, 0.1) is 84.4 Å². The van der Waals surface area contributed by atoms with Crippen LogP contribution >= 0.6 is 15.9 Å². The van der Waals surface area contributed by atoms with E-state index in [2.05, 4.69) is 30.6 Å². The van der Waals surface area contributed by atoms with Crippen LogP contribution in [-0.2, 0) is 36.7 Å². The smallest absolute Gasteiger partial charge is 0.330 e. The molecule has 0 aliphatic rings. The average molecular weight is 968 g/mol. The SMILES string of the molecule is CCOC(=O)/C=C/c1ccc(OC)cc1[N+](=O)[O-].COc1ccc(Br)c([N+](=O)[O-])c1.COc1ccc2ccc(=O)[nH]c2c1.COc1ccc2ccc(OS(C)(=O)=O)nc2c1.[Fe]. The number of pyridine rings is 2. The fourth-order valence-corrected chi connectivity index (χ4v) is 5.51. The first-order valence-electron chi connectivity index (χ1n) is 17.2. The Labute approximate surface area is 368 Å². The van der Waals surface area contributed by atoms with E-state index in [0.717, 1.165) is 34.4 Å². The van der Waals surface area contributed by atoms with E-state index in [4.69, 9.17) is 23.1 Å². The summed E-state index contributed by atoms with van der Waals surface area (Å²) in [6.07, 6.45) is 3.47. The Kier molecular flexibility index (Phi) is 20.3. The number of fused-ring (bicyclic) bond motifs is 2. The van der Waals surface area contributed by atoms with Gasteiger partial charge in [0, 0.05) is 52.8 Å². The van der Waals surface area contributed by atoms with Crippen molar-refractivity contribution in [3.8, 4) is 28.9 Å². The standard InChI is InChI=1S/C12H13NO5.C11H11NO4S.C10H9NO2.C7H6BrNO3.Fe/c1-3-18-12(14)7-5-9-4-6-10(17-2)8-11(9)13(15)16;1-15-9-5-3-8-4-6-11(12-10(8)7-9)16-17(2,13)14;1-13-8-4-2-7-3-5-10(12)11-9(7)6-8;1-12-5-2-3-6(8)7(4-5)9(10)11;/h4-8H,3H2,1-2H3;3-7H,1-2H3;2-6H,1H3,(H,11,12);2-4H,1H3;/b7-5+;;;;. The molecule has 61 heavy (non-hydrogen) atoms. The first-order valence-corrected chi connectivity index (χ1v) is 19.8. The first-order chi connectivity index (χ1) is 28.5. The number of hydrogen-bond acceptors (Lipinski definition) is 15. The molecule has 21 heteroatoms. The number of nitrogens with one attached hydrogen (secondary N) is 1. The van der Waals surface area contributed by atoms with Crippen molar-refractivity contribution in [2.75, 3.05) is 41.3 Å². The van der Waals surface area contributed by atoms with Crippen LogP contribution in [0.2, 0.25) is 0 Å². The number of H-pyrrole nitrogens is 1. The van der Waals surface area contributed by atoms with Crippen LogP contribution in [0.1, 0.15) is 12.5 Å². The molecule has 0 aliphatic heterocycles. The van der Waals surface area contributed by atoms with Gasteiger partial charge in [0.15, 0.2) is 0 Å². The number of benzene rings is 4. The molecule has 0 spiro atoms. The summed E-state index contributed by atoms with van der Waals surface area (Å²) in [4.78, 5) is 49.2. The van der Waals surface area contributed by atoms with Crippen LogP contribution < -0.4 is 28.7 Å². The molecule has 0 saturated heterocycles. The minimum atomic E-state index is -3.56.